The van der Waals surface area contributed by atoms with Crippen LogP contribution in [-0.2, 0) is 4.74 Å². The molecule has 0 spiro atoms. The van der Waals surface area contributed by atoms with Crippen molar-refractivity contribution in [2.45, 2.75) is 26.3 Å². The molecule has 7 heteroatoms. The number of hydrogen-bond donors (Lipinski definition) is 2. The van der Waals surface area contributed by atoms with Crippen molar-refractivity contribution in [3.8, 4) is 0 Å². The minimum atomic E-state index is 0.358. The van der Waals surface area contributed by atoms with E-state index in [-0.39, 0.29) is 0 Å². The molecule has 1 atom stereocenters. The van der Waals surface area contributed by atoms with Crippen LogP contribution in [-0.4, -0.2) is 36.3 Å². The quantitative estimate of drug-likeness (QED) is 0.589. The average Bonchev–Trinajstić information content (AvgIpc) is 2.40. The Morgan fingerprint density at radius 2 is 2.33 bits per heavy atom. The Hall–Kier alpha value is -0.920. The molecule has 0 saturated heterocycles. The maximum absolute atomic E-state index is 5.34. The maximum atomic E-state index is 5.34. The molecule has 0 aliphatic carbocycles. The normalized spacial score (nSPS) is 12.3. The Labute approximate surface area is 116 Å². The summed E-state index contributed by atoms with van der Waals surface area (Å²) in [6, 6.07) is 0.358. The van der Waals surface area contributed by atoms with E-state index < -0.39 is 0 Å². The van der Waals surface area contributed by atoms with Crippen LogP contribution in [0, 0.1) is 0 Å². The molecule has 1 unspecified atom stereocenters. The number of hydrogen-bond acceptors (Lipinski definition) is 6. The van der Waals surface area contributed by atoms with Crippen LogP contribution in [0.25, 0.3) is 0 Å². The predicted octanol–water partition coefficient (Wildman–Crippen LogP) is 1.78. The van der Waals surface area contributed by atoms with Crippen molar-refractivity contribution in [1.29, 1.82) is 0 Å². The number of rotatable bonds is 7. The number of anilines is 2. The highest BCUT2D eigenvalue weighted by molar-refractivity contribution is 9.10. The fourth-order valence-corrected chi connectivity index (χ4v) is 1.99. The molecule has 0 bridgehead atoms. The molecular formula is C11H20BrN5O. The number of methoxy groups -OCH3 is 1. The highest BCUT2D eigenvalue weighted by atomic mass is 79.9. The van der Waals surface area contributed by atoms with E-state index in [0.717, 1.165) is 23.3 Å². The molecule has 102 valence electrons. The van der Waals surface area contributed by atoms with Gasteiger partial charge < -0.3 is 9.64 Å². The van der Waals surface area contributed by atoms with Crippen LogP contribution in [0.15, 0.2) is 10.7 Å². The predicted molar refractivity (Wildman–Crippen MR) is 76.5 cm³/mol. The van der Waals surface area contributed by atoms with Gasteiger partial charge in [-0.2, -0.15) is 4.98 Å². The molecule has 3 N–H and O–H groups in total. The van der Waals surface area contributed by atoms with Crippen LogP contribution in [0.3, 0.4) is 0 Å². The number of aromatic nitrogens is 2. The highest BCUT2D eigenvalue weighted by Crippen LogP contribution is 2.26. The molecule has 1 aromatic rings. The van der Waals surface area contributed by atoms with E-state index in [9.17, 15) is 0 Å². The zero-order valence-corrected chi connectivity index (χ0v) is 12.6. The summed E-state index contributed by atoms with van der Waals surface area (Å²) in [7, 11) is 1.69. The number of nitrogens with one attached hydrogen (secondary N) is 1. The van der Waals surface area contributed by atoms with Crippen molar-refractivity contribution in [2.75, 3.05) is 30.6 Å². The van der Waals surface area contributed by atoms with E-state index >= 15 is 0 Å². The zero-order valence-electron chi connectivity index (χ0n) is 11.0. The first kappa shape index (κ1) is 15.1. The van der Waals surface area contributed by atoms with Gasteiger partial charge >= 0.3 is 0 Å². The van der Waals surface area contributed by atoms with Crippen LogP contribution < -0.4 is 16.2 Å². The third-order valence-corrected chi connectivity index (χ3v) is 3.35. The number of nitrogen functional groups attached to an aromatic ring is 1. The summed E-state index contributed by atoms with van der Waals surface area (Å²) in [5.74, 6) is 6.57. The van der Waals surface area contributed by atoms with Gasteiger partial charge in [0.05, 0.1) is 11.1 Å². The van der Waals surface area contributed by atoms with Gasteiger partial charge in [0.2, 0.25) is 5.95 Å². The number of hydrazine groups is 1. The second kappa shape index (κ2) is 7.50. The first-order chi connectivity index (χ1) is 8.63. The second-order valence-electron chi connectivity index (χ2n) is 3.95. The van der Waals surface area contributed by atoms with Crippen LogP contribution >= 0.6 is 15.9 Å². The van der Waals surface area contributed by atoms with Gasteiger partial charge in [0.25, 0.3) is 0 Å². The summed E-state index contributed by atoms with van der Waals surface area (Å²) >= 11 is 3.47. The van der Waals surface area contributed by atoms with E-state index in [2.05, 4.69) is 50.1 Å². The summed E-state index contributed by atoms with van der Waals surface area (Å²) in [5, 5.41) is 0. The van der Waals surface area contributed by atoms with E-state index in [1.54, 1.807) is 13.3 Å². The zero-order chi connectivity index (χ0) is 13.5. The summed E-state index contributed by atoms with van der Waals surface area (Å²) in [6.45, 7) is 5.71. The minimum absolute atomic E-state index is 0.358. The summed E-state index contributed by atoms with van der Waals surface area (Å²) in [5.41, 5.74) is 2.46. The lowest BCUT2D eigenvalue weighted by molar-refractivity contribution is 0.203. The molecule has 1 aromatic heterocycles. The van der Waals surface area contributed by atoms with Gasteiger partial charge in [-0.1, -0.05) is 6.92 Å². The molecule has 0 amide bonds. The molecule has 1 heterocycles. The SMILES string of the molecule is CCC(C)N(CCOC)c1nc(NN)ncc1Br. The Kier molecular flexibility index (Phi) is 6.31. The highest BCUT2D eigenvalue weighted by Gasteiger charge is 2.17. The van der Waals surface area contributed by atoms with E-state index in [1.165, 1.54) is 0 Å². The van der Waals surface area contributed by atoms with Crippen LogP contribution in [0.5, 0.6) is 0 Å². The Morgan fingerprint density at radius 1 is 1.61 bits per heavy atom. The molecule has 0 aromatic carbocycles. The molecular weight excluding hydrogens is 298 g/mol. The standard InChI is InChI=1S/C11H20BrN5O/c1-4-8(2)17(5-6-18-3)10-9(12)7-14-11(15-10)16-13/h7-8H,4-6,13H2,1-3H3,(H,14,15,16). The van der Waals surface area contributed by atoms with Crippen molar-refractivity contribution < 1.29 is 4.74 Å². The van der Waals surface area contributed by atoms with Gasteiger partial charge in [-0.15, -0.1) is 0 Å². The van der Waals surface area contributed by atoms with E-state index in [1.807, 2.05) is 0 Å². The topological polar surface area (TPSA) is 76.3 Å². The molecule has 6 nitrogen and oxygen atoms in total. The Balaban J connectivity index is 3.02. The largest absolute Gasteiger partial charge is 0.383 e. The first-order valence-electron chi connectivity index (χ1n) is 5.88. The summed E-state index contributed by atoms with van der Waals surface area (Å²) < 4.78 is 5.99. The van der Waals surface area contributed by atoms with Crippen molar-refractivity contribution in [3.63, 3.8) is 0 Å². The van der Waals surface area contributed by atoms with Gasteiger partial charge in [-0.05, 0) is 29.3 Å². The maximum Gasteiger partial charge on any atom is 0.239 e. The molecule has 18 heavy (non-hydrogen) atoms. The van der Waals surface area contributed by atoms with Crippen LogP contribution in [0.2, 0.25) is 0 Å². The van der Waals surface area contributed by atoms with Gasteiger partial charge in [0, 0.05) is 25.9 Å². The van der Waals surface area contributed by atoms with Gasteiger partial charge in [0.1, 0.15) is 5.82 Å². The summed E-state index contributed by atoms with van der Waals surface area (Å²) in [6.07, 6.45) is 2.71. The lowest BCUT2D eigenvalue weighted by Crippen LogP contribution is -2.36. The minimum Gasteiger partial charge on any atom is -0.383 e. The van der Waals surface area contributed by atoms with Crippen molar-refractivity contribution >= 4 is 27.7 Å². The van der Waals surface area contributed by atoms with Gasteiger partial charge in [0.15, 0.2) is 0 Å². The number of nitrogens with two attached hydrogens (primary N) is 1. The fraction of sp³-hybridized carbons (Fsp3) is 0.636. The van der Waals surface area contributed by atoms with Crippen LogP contribution in [0.1, 0.15) is 20.3 Å². The fourth-order valence-electron chi connectivity index (χ4n) is 1.57. The van der Waals surface area contributed by atoms with Crippen molar-refractivity contribution in [2.24, 2.45) is 5.84 Å². The summed E-state index contributed by atoms with van der Waals surface area (Å²) in [4.78, 5) is 10.6. The van der Waals surface area contributed by atoms with Crippen molar-refractivity contribution in [3.05, 3.63) is 10.7 Å². The smallest absolute Gasteiger partial charge is 0.239 e. The van der Waals surface area contributed by atoms with Crippen LogP contribution in [0.4, 0.5) is 11.8 Å². The van der Waals surface area contributed by atoms with Gasteiger partial charge in [-0.3, -0.25) is 5.43 Å². The van der Waals surface area contributed by atoms with Gasteiger partial charge in [-0.25, -0.2) is 10.8 Å². The lowest BCUT2D eigenvalue weighted by atomic mass is 10.2. The molecule has 1 rings (SSSR count). The molecule has 0 fully saturated rings. The number of nitrogens with zero attached hydrogens (tertiary/aromatic N) is 3. The Morgan fingerprint density at radius 3 is 2.89 bits per heavy atom. The average molecular weight is 318 g/mol. The van der Waals surface area contributed by atoms with E-state index in [0.29, 0.717) is 18.6 Å². The number of ether oxygens (including phenoxy) is 1. The molecule has 0 aliphatic rings. The molecule has 0 saturated carbocycles. The Bertz CT molecular complexity index is 376. The molecule has 0 radical (unpaired) electrons. The second-order valence-corrected chi connectivity index (χ2v) is 4.81. The van der Waals surface area contributed by atoms with E-state index in [4.69, 9.17) is 10.6 Å². The number of halogens is 1. The first-order valence-corrected chi connectivity index (χ1v) is 6.68. The third kappa shape index (κ3) is 3.79. The van der Waals surface area contributed by atoms with Crippen molar-refractivity contribution in [1.82, 2.24) is 9.97 Å². The molecule has 0 aliphatic heterocycles. The third-order valence-electron chi connectivity index (χ3n) is 2.79. The lowest BCUT2D eigenvalue weighted by Gasteiger charge is -2.30. The monoisotopic (exact) mass is 317 g/mol.